The van der Waals surface area contributed by atoms with Gasteiger partial charge in [0, 0.05) is 11.3 Å². The summed E-state index contributed by atoms with van der Waals surface area (Å²) in [5.41, 5.74) is 4.38. The topological polar surface area (TPSA) is 89.0 Å². The van der Waals surface area contributed by atoms with Gasteiger partial charge in [0.25, 0.3) is 0 Å². The molecule has 0 radical (unpaired) electrons. The minimum absolute atomic E-state index is 0.398. The van der Waals surface area contributed by atoms with Gasteiger partial charge in [-0.2, -0.15) is 5.10 Å². The van der Waals surface area contributed by atoms with Gasteiger partial charge in [0.2, 0.25) is 0 Å². The van der Waals surface area contributed by atoms with Crippen molar-refractivity contribution in [1.82, 2.24) is 5.43 Å². The van der Waals surface area contributed by atoms with E-state index in [0.29, 0.717) is 35.1 Å². The van der Waals surface area contributed by atoms with E-state index in [1.165, 1.54) is 6.21 Å². The lowest BCUT2D eigenvalue weighted by Crippen LogP contribution is -2.32. The molecular formula is C28H23N3O4. The van der Waals surface area contributed by atoms with E-state index in [1.807, 2.05) is 78.9 Å². The largest absolute Gasteiger partial charge is 0.488 e. The summed E-state index contributed by atoms with van der Waals surface area (Å²) in [6.07, 6.45) is 1.43. The number of ether oxygens (including phenoxy) is 2. The summed E-state index contributed by atoms with van der Waals surface area (Å²) in [5.74, 6) is 0.183. The second-order valence-electron chi connectivity index (χ2n) is 7.40. The Morgan fingerprint density at radius 1 is 0.714 bits per heavy atom. The zero-order valence-electron chi connectivity index (χ0n) is 18.8. The quantitative estimate of drug-likeness (QED) is 0.214. The number of carbonyl (C=O) groups excluding carboxylic acids is 2. The van der Waals surface area contributed by atoms with Gasteiger partial charge in [0.1, 0.15) is 23.9 Å². The van der Waals surface area contributed by atoms with E-state index in [9.17, 15) is 9.59 Å². The molecule has 2 amide bonds. The summed E-state index contributed by atoms with van der Waals surface area (Å²) in [4.78, 5) is 24.4. The molecule has 2 N–H and O–H groups in total. The summed E-state index contributed by atoms with van der Waals surface area (Å²) < 4.78 is 11.6. The molecule has 0 unspecified atom stereocenters. The van der Waals surface area contributed by atoms with Gasteiger partial charge in [-0.1, -0.05) is 60.7 Å². The molecule has 0 aromatic heterocycles. The highest BCUT2D eigenvalue weighted by Gasteiger charge is 2.13. The summed E-state index contributed by atoms with van der Waals surface area (Å²) in [7, 11) is 0. The fourth-order valence-corrected chi connectivity index (χ4v) is 3.08. The third-order valence-corrected chi connectivity index (χ3v) is 4.82. The maximum atomic E-state index is 12.2. The van der Waals surface area contributed by atoms with Crippen LogP contribution in [0.15, 0.2) is 114 Å². The molecule has 0 spiro atoms. The van der Waals surface area contributed by atoms with Crippen LogP contribution in [-0.2, 0) is 16.2 Å². The van der Waals surface area contributed by atoms with Crippen LogP contribution in [-0.4, -0.2) is 18.0 Å². The van der Waals surface area contributed by atoms with Gasteiger partial charge in [0.15, 0.2) is 0 Å². The van der Waals surface area contributed by atoms with Crippen molar-refractivity contribution < 1.29 is 19.1 Å². The van der Waals surface area contributed by atoms with Crippen LogP contribution in [0, 0.1) is 0 Å². The van der Waals surface area contributed by atoms with Crippen molar-refractivity contribution >= 4 is 23.7 Å². The fourth-order valence-electron chi connectivity index (χ4n) is 3.08. The van der Waals surface area contributed by atoms with Crippen LogP contribution in [0.3, 0.4) is 0 Å². The highest BCUT2D eigenvalue weighted by Crippen LogP contribution is 2.22. The molecule has 7 heteroatoms. The molecule has 0 aliphatic rings. The highest BCUT2D eigenvalue weighted by atomic mass is 16.5. The number of hydrogen-bond donors (Lipinski definition) is 2. The van der Waals surface area contributed by atoms with Crippen LogP contribution >= 0.6 is 0 Å². The van der Waals surface area contributed by atoms with Crippen molar-refractivity contribution in [3.8, 4) is 17.2 Å². The zero-order chi connectivity index (χ0) is 24.3. The minimum Gasteiger partial charge on any atom is -0.488 e. The molecule has 174 valence electrons. The second-order valence-corrected chi connectivity index (χ2v) is 7.40. The Morgan fingerprint density at radius 3 is 2.09 bits per heavy atom. The molecule has 0 saturated heterocycles. The average molecular weight is 466 g/mol. The van der Waals surface area contributed by atoms with Crippen LogP contribution in [0.2, 0.25) is 0 Å². The van der Waals surface area contributed by atoms with Crippen LogP contribution < -0.4 is 20.2 Å². The number of para-hydroxylation sites is 2. The maximum absolute atomic E-state index is 12.2. The predicted octanol–water partition coefficient (Wildman–Crippen LogP) is 5.15. The van der Waals surface area contributed by atoms with Crippen LogP contribution in [0.5, 0.6) is 17.2 Å². The van der Waals surface area contributed by atoms with Crippen molar-refractivity contribution in [3.63, 3.8) is 0 Å². The number of amides is 2. The SMILES string of the molecule is O=C(N/N=C\c1ccccc1OCc1ccccc1)C(=O)Nc1ccc(Oc2ccccc2)cc1. The molecular weight excluding hydrogens is 442 g/mol. The summed E-state index contributed by atoms with van der Waals surface area (Å²) in [5, 5.41) is 6.42. The molecule has 0 saturated carbocycles. The van der Waals surface area contributed by atoms with Gasteiger partial charge < -0.3 is 14.8 Å². The molecule has 0 aliphatic carbocycles. The smallest absolute Gasteiger partial charge is 0.329 e. The summed E-state index contributed by atoms with van der Waals surface area (Å²) >= 11 is 0. The van der Waals surface area contributed by atoms with E-state index in [0.717, 1.165) is 5.56 Å². The Kier molecular flexibility index (Phi) is 7.85. The van der Waals surface area contributed by atoms with Crippen LogP contribution in [0.1, 0.15) is 11.1 Å². The molecule has 0 fully saturated rings. The predicted molar refractivity (Wildman–Crippen MR) is 135 cm³/mol. The number of hydrazone groups is 1. The van der Waals surface area contributed by atoms with Crippen molar-refractivity contribution in [1.29, 1.82) is 0 Å². The normalized spacial score (nSPS) is 10.5. The molecule has 0 atom stereocenters. The molecule has 7 nitrogen and oxygen atoms in total. The first-order chi connectivity index (χ1) is 17.2. The number of benzene rings is 4. The minimum atomic E-state index is -0.895. The van der Waals surface area contributed by atoms with Gasteiger partial charge in [-0.3, -0.25) is 9.59 Å². The van der Waals surface area contributed by atoms with E-state index >= 15 is 0 Å². The number of nitrogens with one attached hydrogen (secondary N) is 2. The number of rotatable bonds is 8. The lowest BCUT2D eigenvalue weighted by Gasteiger charge is -2.09. The second kappa shape index (κ2) is 11.8. The Labute approximate surface area is 203 Å². The molecule has 4 aromatic rings. The third-order valence-electron chi connectivity index (χ3n) is 4.82. The van der Waals surface area contributed by atoms with Crippen molar-refractivity contribution in [3.05, 3.63) is 120 Å². The molecule has 0 aliphatic heterocycles. The molecule has 35 heavy (non-hydrogen) atoms. The van der Waals surface area contributed by atoms with Crippen molar-refractivity contribution in [2.24, 2.45) is 5.10 Å². The van der Waals surface area contributed by atoms with Crippen LogP contribution in [0.4, 0.5) is 5.69 Å². The van der Waals surface area contributed by atoms with E-state index in [1.54, 1.807) is 30.3 Å². The van der Waals surface area contributed by atoms with Gasteiger partial charge in [-0.15, -0.1) is 0 Å². The fraction of sp³-hybridized carbons (Fsp3) is 0.0357. The number of carbonyl (C=O) groups is 2. The Morgan fingerprint density at radius 2 is 1.34 bits per heavy atom. The van der Waals surface area contributed by atoms with Gasteiger partial charge >= 0.3 is 11.8 Å². The first kappa shape index (κ1) is 23.3. The zero-order valence-corrected chi connectivity index (χ0v) is 18.8. The average Bonchev–Trinajstić information content (AvgIpc) is 2.90. The highest BCUT2D eigenvalue weighted by molar-refractivity contribution is 6.39. The lowest BCUT2D eigenvalue weighted by molar-refractivity contribution is -0.136. The lowest BCUT2D eigenvalue weighted by atomic mass is 10.2. The Bertz CT molecular complexity index is 1290. The van der Waals surface area contributed by atoms with E-state index in [-0.39, 0.29) is 0 Å². The number of hydrogen-bond acceptors (Lipinski definition) is 5. The summed E-state index contributed by atoms with van der Waals surface area (Å²) in [6.45, 7) is 0.398. The van der Waals surface area contributed by atoms with Crippen molar-refractivity contribution in [2.75, 3.05) is 5.32 Å². The standard InChI is InChI=1S/C28H23N3O4/c32-27(30-23-15-17-25(18-16-23)35-24-12-5-2-6-13-24)28(33)31-29-19-22-11-7-8-14-26(22)34-20-21-9-3-1-4-10-21/h1-19H,20H2,(H,30,32)(H,31,33)/b29-19-. The monoisotopic (exact) mass is 465 g/mol. The Hall–Kier alpha value is -4.91. The molecule has 4 rings (SSSR count). The number of anilines is 1. The molecule has 4 aromatic carbocycles. The van der Waals surface area contributed by atoms with Crippen LogP contribution in [0.25, 0.3) is 0 Å². The molecule has 0 bridgehead atoms. The Balaban J connectivity index is 1.28. The van der Waals surface area contributed by atoms with E-state index < -0.39 is 11.8 Å². The summed E-state index contributed by atoms with van der Waals surface area (Å²) in [6, 6.07) is 33.1. The van der Waals surface area contributed by atoms with Crippen molar-refractivity contribution in [2.45, 2.75) is 6.61 Å². The van der Waals surface area contributed by atoms with E-state index in [2.05, 4.69) is 15.8 Å². The van der Waals surface area contributed by atoms with Gasteiger partial charge in [-0.25, -0.2) is 5.43 Å². The maximum Gasteiger partial charge on any atom is 0.329 e. The van der Waals surface area contributed by atoms with E-state index in [4.69, 9.17) is 9.47 Å². The molecule has 0 heterocycles. The van der Waals surface area contributed by atoms with Gasteiger partial charge in [0.05, 0.1) is 6.21 Å². The first-order valence-corrected chi connectivity index (χ1v) is 10.9. The third kappa shape index (κ3) is 7.03. The number of nitrogens with zero attached hydrogens (tertiary/aromatic N) is 1. The first-order valence-electron chi connectivity index (χ1n) is 10.9. The van der Waals surface area contributed by atoms with Gasteiger partial charge in [-0.05, 0) is 54.1 Å².